The Hall–Kier alpha value is -4.58. The molecule has 0 spiro atoms. The number of benzene rings is 6. The molecule has 0 atom stereocenters. The van der Waals surface area contributed by atoms with Crippen LogP contribution in [-0.2, 0) is 9.31 Å². The summed E-state index contributed by atoms with van der Waals surface area (Å²) in [7, 11) is -0.465. The van der Waals surface area contributed by atoms with Gasteiger partial charge in [-0.2, -0.15) is 0 Å². The molecule has 1 aliphatic rings. The van der Waals surface area contributed by atoms with Crippen molar-refractivity contribution in [3.63, 3.8) is 0 Å². The van der Waals surface area contributed by atoms with E-state index in [9.17, 15) is 0 Å². The van der Waals surface area contributed by atoms with Crippen LogP contribution in [0, 0.1) is 0 Å². The van der Waals surface area contributed by atoms with Crippen molar-refractivity contribution in [1.82, 2.24) is 4.57 Å². The van der Waals surface area contributed by atoms with Crippen LogP contribution in [0.4, 0.5) is 0 Å². The van der Waals surface area contributed by atoms with Gasteiger partial charge in [-0.05, 0) is 85.0 Å². The van der Waals surface area contributed by atoms with Gasteiger partial charge in [-0.3, -0.25) is 0 Å². The molecule has 0 unspecified atom stereocenters. The maximum atomic E-state index is 6.54. The monoisotopic (exact) mass is 559 g/mol. The molecule has 0 saturated carbocycles. The zero-order valence-electron chi connectivity index (χ0n) is 24.6. The summed E-state index contributed by atoms with van der Waals surface area (Å²) in [5.74, 6) is 0. The summed E-state index contributed by atoms with van der Waals surface area (Å²) in [5, 5.41) is 9.65. The molecule has 9 rings (SSSR count). The van der Waals surface area contributed by atoms with Gasteiger partial charge in [0.2, 0.25) is 0 Å². The molecule has 4 nitrogen and oxygen atoms in total. The highest BCUT2D eigenvalue weighted by molar-refractivity contribution is 6.66. The van der Waals surface area contributed by atoms with Crippen LogP contribution < -0.4 is 5.46 Å². The molecule has 1 saturated heterocycles. The highest BCUT2D eigenvalue weighted by Crippen LogP contribution is 2.42. The average molecular weight is 559 g/mol. The molecule has 3 heterocycles. The van der Waals surface area contributed by atoms with Crippen molar-refractivity contribution in [2.45, 2.75) is 38.9 Å². The van der Waals surface area contributed by atoms with Gasteiger partial charge in [0.25, 0.3) is 0 Å². The minimum absolute atomic E-state index is 0.419. The summed E-state index contributed by atoms with van der Waals surface area (Å²) < 4.78 is 21.8. The van der Waals surface area contributed by atoms with Crippen LogP contribution in [0.15, 0.2) is 114 Å². The van der Waals surface area contributed by atoms with E-state index < -0.39 is 18.3 Å². The van der Waals surface area contributed by atoms with Gasteiger partial charge in [-0.25, -0.2) is 0 Å². The second-order valence-corrected chi connectivity index (χ2v) is 12.8. The fourth-order valence-corrected chi connectivity index (χ4v) is 6.97. The van der Waals surface area contributed by atoms with Crippen LogP contribution in [0.1, 0.15) is 27.7 Å². The molecule has 0 bridgehead atoms. The van der Waals surface area contributed by atoms with Gasteiger partial charge in [-0.15, -0.1) is 0 Å². The molecule has 1 aliphatic heterocycles. The standard InChI is InChI=1S/C38H30BNO3/c1-37(2)38(3,4)43-39(42-37)29-14-9-15-32-34(29)28-19-18-25(22-33(28)41-32)40-30-20-16-23-10-5-7-12-26(23)35(30)36-27-13-8-6-11-24(27)17-21-31(36)40/h5-22H,1-4H3. The van der Waals surface area contributed by atoms with E-state index in [2.05, 4.69) is 129 Å². The number of hydrogen-bond acceptors (Lipinski definition) is 3. The first-order chi connectivity index (χ1) is 20.8. The van der Waals surface area contributed by atoms with E-state index in [1.54, 1.807) is 0 Å². The molecule has 8 aromatic rings. The average Bonchev–Trinajstić information content (AvgIpc) is 3.62. The van der Waals surface area contributed by atoms with Crippen LogP contribution in [0.2, 0.25) is 0 Å². The fraction of sp³-hybridized carbons (Fsp3) is 0.158. The van der Waals surface area contributed by atoms with E-state index in [1.807, 2.05) is 12.1 Å². The summed E-state index contributed by atoms with van der Waals surface area (Å²) in [5.41, 5.74) is 5.25. The number of rotatable bonds is 2. The van der Waals surface area contributed by atoms with Gasteiger partial charge in [0, 0.05) is 33.3 Å². The summed E-state index contributed by atoms with van der Waals surface area (Å²) in [4.78, 5) is 0. The Morgan fingerprint density at radius 3 is 1.77 bits per heavy atom. The van der Waals surface area contributed by atoms with Crippen LogP contribution >= 0.6 is 0 Å². The zero-order chi connectivity index (χ0) is 29.1. The molecule has 1 fully saturated rings. The topological polar surface area (TPSA) is 36.5 Å². The second kappa shape index (κ2) is 8.50. The van der Waals surface area contributed by atoms with Crippen molar-refractivity contribution < 1.29 is 13.7 Å². The molecular weight excluding hydrogens is 529 g/mol. The largest absolute Gasteiger partial charge is 0.495 e. The van der Waals surface area contributed by atoms with Gasteiger partial charge in [0.15, 0.2) is 0 Å². The van der Waals surface area contributed by atoms with E-state index in [-0.39, 0.29) is 0 Å². The Balaban J connectivity index is 1.31. The van der Waals surface area contributed by atoms with Gasteiger partial charge >= 0.3 is 7.12 Å². The maximum Gasteiger partial charge on any atom is 0.495 e. The third kappa shape index (κ3) is 3.41. The first-order valence-corrected chi connectivity index (χ1v) is 15.0. The molecule has 2 aromatic heterocycles. The minimum Gasteiger partial charge on any atom is -0.456 e. The van der Waals surface area contributed by atoms with Crippen molar-refractivity contribution >= 4 is 77.9 Å². The normalized spacial score (nSPS) is 16.5. The Morgan fingerprint density at radius 2 is 1.14 bits per heavy atom. The van der Waals surface area contributed by atoms with Crippen molar-refractivity contribution in [3.05, 3.63) is 109 Å². The third-order valence-electron chi connectivity index (χ3n) is 9.82. The molecule has 0 aliphatic carbocycles. The Morgan fingerprint density at radius 1 is 0.535 bits per heavy atom. The number of fused-ring (bicyclic) bond motifs is 10. The number of hydrogen-bond donors (Lipinski definition) is 0. The SMILES string of the molecule is CC1(C)OB(c2cccc3oc4cc(-n5c6ccc7ccccc7c6c6c7ccccc7ccc65)ccc4c23)OC1(C)C. The third-order valence-corrected chi connectivity index (χ3v) is 9.82. The van der Waals surface area contributed by atoms with Crippen LogP contribution in [0.3, 0.4) is 0 Å². The Bertz CT molecular complexity index is 2320. The summed E-state index contributed by atoms with van der Waals surface area (Å²) in [6.45, 7) is 8.35. The molecule has 208 valence electrons. The summed E-state index contributed by atoms with van der Waals surface area (Å²) in [6, 6.07) is 39.0. The molecule has 0 amide bonds. The molecule has 6 aromatic carbocycles. The molecular formula is C38H30BNO3. The van der Waals surface area contributed by atoms with E-state index in [1.165, 1.54) is 43.4 Å². The van der Waals surface area contributed by atoms with Crippen LogP contribution in [0.25, 0.3) is 71.0 Å². The highest BCUT2D eigenvalue weighted by Gasteiger charge is 2.52. The molecule has 0 N–H and O–H groups in total. The predicted molar refractivity (Wildman–Crippen MR) is 179 cm³/mol. The van der Waals surface area contributed by atoms with Gasteiger partial charge in [-0.1, -0.05) is 72.8 Å². The number of nitrogens with zero attached hydrogens (tertiary/aromatic N) is 1. The van der Waals surface area contributed by atoms with Gasteiger partial charge < -0.3 is 18.3 Å². The van der Waals surface area contributed by atoms with Crippen molar-refractivity contribution in [3.8, 4) is 5.69 Å². The fourth-order valence-electron chi connectivity index (χ4n) is 6.97. The van der Waals surface area contributed by atoms with E-state index in [4.69, 9.17) is 13.7 Å². The first-order valence-electron chi connectivity index (χ1n) is 15.0. The Labute approximate surface area is 249 Å². The van der Waals surface area contributed by atoms with Crippen molar-refractivity contribution in [1.29, 1.82) is 0 Å². The second-order valence-electron chi connectivity index (χ2n) is 12.8. The van der Waals surface area contributed by atoms with Crippen molar-refractivity contribution in [2.75, 3.05) is 0 Å². The minimum atomic E-state index is -0.465. The molecule has 5 heteroatoms. The van der Waals surface area contributed by atoms with Crippen LogP contribution in [-0.4, -0.2) is 22.9 Å². The maximum absolute atomic E-state index is 6.54. The van der Waals surface area contributed by atoms with E-state index in [0.717, 1.165) is 33.1 Å². The number of furan rings is 1. The first kappa shape index (κ1) is 25.0. The summed E-state index contributed by atoms with van der Waals surface area (Å²) in [6.07, 6.45) is 0. The van der Waals surface area contributed by atoms with E-state index in [0.29, 0.717) is 0 Å². The van der Waals surface area contributed by atoms with Crippen LogP contribution in [0.5, 0.6) is 0 Å². The smallest absolute Gasteiger partial charge is 0.456 e. The van der Waals surface area contributed by atoms with E-state index >= 15 is 0 Å². The lowest BCUT2D eigenvalue weighted by molar-refractivity contribution is 0.00578. The Kier molecular flexibility index (Phi) is 4.94. The lowest BCUT2D eigenvalue weighted by Gasteiger charge is -2.32. The highest BCUT2D eigenvalue weighted by atomic mass is 16.7. The zero-order valence-corrected chi connectivity index (χ0v) is 24.6. The lowest BCUT2D eigenvalue weighted by Crippen LogP contribution is -2.41. The molecule has 43 heavy (non-hydrogen) atoms. The summed E-state index contributed by atoms with van der Waals surface area (Å²) >= 11 is 0. The molecule has 0 radical (unpaired) electrons. The van der Waals surface area contributed by atoms with Gasteiger partial charge in [0.05, 0.1) is 22.2 Å². The lowest BCUT2D eigenvalue weighted by atomic mass is 9.76. The number of aromatic nitrogens is 1. The quantitative estimate of drug-likeness (QED) is 0.198. The predicted octanol–water partition coefficient (Wildman–Crippen LogP) is 9.29. The van der Waals surface area contributed by atoms with Gasteiger partial charge in [0.1, 0.15) is 11.2 Å². The van der Waals surface area contributed by atoms with Crippen molar-refractivity contribution in [2.24, 2.45) is 0 Å².